The highest BCUT2D eigenvalue weighted by Crippen LogP contribution is 2.48. The molecule has 17 nitrogen and oxygen atoms in total. The SMILES string of the molecule is Nc1ncnc2c1ncn2[C@@H]1O[C@@H](COP(=O)(O)OC(=O)[C@H](N)CCCCNC(=O)OC[C@H]2C[C@H]3CC[C@@H]2C3)[C@H](O)[C@H]1O. The van der Waals surface area contributed by atoms with E-state index in [-0.39, 0.29) is 23.4 Å². The van der Waals surface area contributed by atoms with Crippen molar-refractivity contribution in [1.82, 2.24) is 24.8 Å². The lowest BCUT2D eigenvalue weighted by Gasteiger charge is -2.21. The molecule has 3 heterocycles. The third-order valence-electron chi connectivity index (χ3n) is 8.43. The highest BCUT2D eigenvalue weighted by atomic mass is 31.2. The first kappa shape index (κ1) is 31.5. The average Bonchev–Trinajstić information content (AvgIpc) is 3.76. The summed E-state index contributed by atoms with van der Waals surface area (Å²) in [4.78, 5) is 46.2. The number of phosphoric ester groups is 1. The molecule has 1 amide bonds. The van der Waals surface area contributed by atoms with E-state index in [9.17, 15) is 29.3 Å². The Labute approximate surface area is 246 Å². The molecule has 1 unspecified atom stereocenters. The Balaban J connectivity index is 0.986. The van der Waals surface area contributed by atoms with Crippen molar-refractivity contribution < 1.29 is 47.8 Å². The fraction of sp³-hybridized carbons (Fsp3) is 0.720. The van der Waals surface area contributed by atoms with E-state index in [0.717, 1.165) is 12.3 Å². The zero-order valence-corrected chi connectivity index (χ0v) is 24.3. The van der Waals surface area contributed by atoms with E-state index >= 15 is 0 Å². The lowest BCUT2D eigenvalue weighted by atomic mass is 9.90. The number of unbranched alkanes of at least 4 members (excludes halogenated alkanes) is 1. The van der Waals surface area contributed by atoms with Crippen LogP contribution in [-0.4, -0.2) is 90.8 Å². The molecule has 0 aromatic carbocycles. The number of nitrogens with one attached hydrogen (secondary N) is 1. The van der Waals surface area contributed by atoms with Crippen LogP contribution in [0.5, 0.6) is 0 Å². The van der Waals surface area contributed by atoms with Gasteiger partial charge in [0.1, 0.15) is 36.2 Å². The van der Waals surface area contributed by atoms with Gasteiger partial charge >= 0.3 is 19.9 Å². The van der Waals surface area contributed by atoms with Crippen molar-refractivity contribution in [3.63, 3.8) is 0 Å². The monoisotopic (exact) mass is 627 g/mol. The predicted octanol–water partition coefficient (Wildman–Crippen LogP) is 0.348. The number of phosphoric acid groups is 1. The Morgan fingerprint density at radius 1 is 1.16 bits per heavy atom. The van der Waals surface area contributed by atoms with E-state index in [2.05, 4.69) is 24.8 Å². The molecule has 1 aliphatic heterocycles. The number of imidazole rings is 1. The highest BCUT2D eigenvalue weighted by Gasteiger charge is 2.46. The molecule has 2 aromatic heterocycles. The Bertz CT molecular complexity index is 1350. The summed E-state index contributed by atoms with van der Waals surface area (Å²) in [5, 5.41) is 23.6. The van der Waals surface area contributed by atoms with Gasteiger partial charge in [0.15, 0.2) is 17.7 Å². The number of nitrogens with two attached hydrogens (primary N) is 2. The third-order valence-corrected chi connectivity index (χ3v) is 9.32. The first-order valence-corrected chi connectivity index (χ1v) is 15.8. The number of fused-ring (bicyclic) bond motifs is 3. The second-order valence-electron chi connectivity index (χ2n) is 11.4. The summed E-state index contributed by atoms with van der Waals surface area (Å²) in [6.45, 7) is 0.0654. The van der Waals surface area contributed by atoms with Crippen molar-refractivity contribution in [2.75, 3.05) is 25.5 Å². The van der Waals surface area contributed by atoms with Gasteiger partial charge in [-0.15, -0.1) is 0 Å². The van der Waals surface area contributed by atoms with Crippen molar-refractivity contribution in [2.24, 2.45) is 23.5 Å². The number of aliphatic hydroxyl groups is 2. The van der Waals surface area contributed by atoms with Crippen LogP contribution in [0, 0.1) is 17.8 Å². The van der Waals surface area contributed by atoms with Gasteiger partial charge in [-0.2, -0.15) is 0 Å². The number of alkyl carbamates (subject to hydrolysis) is 1. The van der Waals surface area contributed by atoms with Gasteiger partial charge in [0.2, 0.25) is 0 Å². The van der Waals surface area contributed by atoms with Crippen LogP contribution in [-0.2, 0) is 27.9 Å². The van der Waals surface area contributed by atoms with Crippen LogP contribution in [0.4, 0.5) is 10.6 Å². The van der Waals surface area contributed by atoms with Gasteiger partial charge in [0.25, 0.3) is 0 Å². The number of carbonyl (C=O) groups excluding carboxylic acids is 2. The average molecular weight is 628 g/mol. The number of carbonyl (C=O) groups is 2. The number of aliphatic hydroxyl groups excluding tert-OH is 2. The van der Waals surface area contributed by atoms with Crippen LogP contribution in [0.2, 0.25) is 0 Å². The Hall–Kier alpha value is -2.92. The number of nitrogens with zero attached hydrogens (tertiary/aromatic N) is 4. The second kappa shape index (κ2) is 13.4. The molecule has 0 spiro atoms. The van der Waals surface area contributed by atoms with Crippen LogP contribution >= 0.6 is 7.82 Å². The van der Waals surface area contributed by atoms with E-state index in [1.54, 1.807) is 0 Å². The van der Waals surface area contributed by atoms with E-state index in [4.69, 9.17) is 25.5 Å². The molecular formula is C25H38N7O10P. The van der Waals surface area contributed by atoms with Crippen LogP contribution in [0.3, 0.4) is 0 Å². The number of anilines is 1. The van der Waals surface area contributed by atoms with E-state index in [0.29, 0.717) is 37.8 Å². The van der Waals surface area contributed by atoms with Gasteiger partial charge in [-0.1, -0.05) is 6.42 Å². The summed E-state index contributed by atoms with van der Waals surface area (Å²) in [7, 11) is -4.94. The zero-order chi connectivity index (χ0) is 30.7. The Morgan fingerprint density at radius 2 is 1.98 bits per heavy atom. The number of ether oxygens (including phenoxy) is 2. The molecule has 43 heavy (non-hydrogen) atoms. The minimum Gasteiger partial charge on any atom is -0.449 e. The van der Waals surface area contributed by atoms with Crippen LogP contribution in [0.25, 0.3) is 11.2 Å². The summed E-state index contributed by atoms with van der Waals surface area (Å²) in [6.07, 6.45) is 2.53. The normalized spacial score (nSPS) is 30.3. The minimum atomic E-state index is -4.94. The third kappa shape index (κ3) is 7.42. The van der Waals surface area contributed by atoms with Crippen molar-refractivity contribution >= 4 is 36.9 Å². The van der Waals surface area contributed by atoms with Crippen molar-refractivity contribution in [3.8, 4) is 0 Å². The number of hydrogen-bond donors (Lipinski definition) is 6. The maximum Gasteiger partial charge on any atom is 0.529 e. The molecule has 2 saturated carbocycles. The van der Waals surface area contributed by atoms with E-state index in [1.807, 2.05) is 0 Å². The number of rotatable bonds is 13. The number of amides is 1. The van der Waals surface area contributed by atoms with Crippen LogP contribution in [0.15, 0.2) is 12.7 Å². The van der Waals surface area contributed by atoms with Crippen molar-refractivity contribution in [2.45, 2.75) is 75.5 Å². The molecule has 18 heteroatoms. The van der Waals surface area contributed by atoms with Crippen LogP contribution in [0.1, 0.15) is 51.2 Å². The van der Waals surface area contributed by atoms with E-state index < -0.39 is 57.1 Å². The molecule has 2 aliphatic carbocycles. The predicted molar refractivity (Wildman–Crippen MR) is 148 cm³/mol. The summed E-state index contributed by atoms with van der Waals surface area (Å²) in [6, 6.07) is -1.21. The molecule has 3 aliphatic rings. The summed E-state index contributed by atoms with van der Waals surface area (Å²) in [5.74, 6) is 0.865. The Morgan fingerprint density at radius 3 is 2.72 bits per heavy atom. The first-order chi connectivity index (χ1) is 20.5. The molecule has 2 aromatic rings. The van der Waals surface area contributed by atoms with Gasteiger partial charge < -0.3 is 41.0 Å². The summed E-state index contributed by atoms with van der Waals surface area (Å²) >= 11 is 0. The van der Waals surface area contributed by atoms with Gasteiger partial charge in [-0.25, -0.2) is 29.1 Å². The summed E-state index contributed by atoms with van der Waals surface area (Å²) < 4.78 is 34.1. The maximum atomic E-state index is 12.4. The lowest BCUT2D eigenvalue weighted by Crippen LogP contribution is -2.34. The van der Waals surface area contributed by atoms with Crippen LogP contribution < -0.4 is 16.8 Å². The molecular weight excluding hydrogens is 589 g/mol. The first-order valence-electron chi connectivity index (χ1n) is 14.3. The molecule has 5 rings (SSSR count). The fourth-order valence-corrected chi connectivity index (χ4v) is 6.89. The van der Waals surface area contributed by atoms with Gasteiger partial charge in [0, 0.05) is 6.54 Å². The molecule has 3 fully saturated rings. The smallest absolute Gasteiger partial charge is 0.449 e. The molecule has 8 N–H and O–H groups in total. The maximum absolute atomic E-state index is 12.4. The topological polar surface area (TPSA) is 256 Å². The van der Waals surface area contributed by atoms with Gasteiger partial charge in [-0.05, 0) is 56.3 Å². The van der Waals surface area contributed by atoms with Crippen molar-refractivity contribution in [1.29, 1.82) is 0 Å². The standard InChI is InChI=1S/C25H38N7O10P/c26-16(3-1-2-6-28-25(36)39-9-15-8-13-4-5-14(15)7-13)24(35)42-43(37,38)40-10-17-19(33)20(34)23(41-17)32-12-31-18-21(27)29-11-30-22(18)32/h11-17,19-20,23,33-34H,1-10,26H2,(H,28,36)(H,37,38)(H2,27,29,30)/t13-,14+,15+,16+,17-,19-,20+,23+/m0/s1. The summed E-state index contributed by atoms with van der Waals surface area (Å²) in [5.41, 5.74) is 12.1. The van der Waals surface area contributed by atoms with Crippen molar-refractivity contribution in [3.05, 3.63) is 12.7 Å². The molecule has 238 valence electrons. The number of aromatic nitrogens is 4. The van der Waals surface area contributed by atoms with Gasteiger partial charge in [0.05, 0.1) is 19.5 Å². The molecule has 2 bridgehead atoms. The second-order valence-corrected chi connectivity index (χ2v) is 12.7. The Kier molecular flexibility index (Phi) is 9.80. The molecule has 1 saturated heterocycles. The zero-order valence-electron chi connectivity index (χ0n) is 23.4. The molecule has 0 radical (unpaired) electrons. The fourth-order valence-electron chi connectivity index (χ4n) is 6.14. The molecule has 9 atom stereocenters. The van der Waals surface area contributed by atoms with E-state index in [1.165, 1.54) is 36.5 Å². The number of nitrogen functional groups attached to an aromatic ring is 1. The van der Waals surface area contributed by atoms with Gasteiger partial charge in [-0.3, -0.25) is 14.0 Å². The quantitative estimate of drug-likeness (QED) is 0.129. The highest BCUT2D eigenvalue weighted by molar-refractivity contribution is 7.48. The minimum absolute atomic E-state index is 0.107. The number of hydrogen-bond acceptors (Lipinski definition) is 14. The largest absolute Gasteiger partial charge is 0.529 e. The lowest BCUT2D eigenvalue weighted by molar-refractivity contribution is -0.138.